The van der Waals surface area contributed by atoms with Gasteiger partial charge in [0.2, 0.25) is 11.8 Å². The van der Waals surface area contributed by atoms with Crippen molar-refractivity contribution in [1.29, 1.82) is 0 Å². The van der Waals surface area contributed by atoms with Crippen molar-refractivity contribution < 1.29 is 32.9 Å². The Morgan fingerprint density at radius 3 is 2.78 bits per heavy atom. The monoisotopic (exact) mass is 332 g/mol. The number of amides is 1. The number of carbonyl (C=O) groups is 1. The van der Waals surface area contributed by atoms with E-state index in [2.05, 4.69) is 15.0 Å². The van der Waals surface area contributed by atoms with Gasteiger partial charge in [0.1, 0.15) is 18.3 Å². The lowest BCUT2D eigenvalue weighted by Gasteiger charge is -2.31. The summed E-state index contributed by atoms with van der Waals surface area (Å²) in [6, 6.07) is 1.77. The van der Waals surface area contributed by atoms with Crippen molar-refractivity contribution in [2.45, 2.75) is 45.1 Å². The van der Waals surface area contributed by atoms with Crippen molar-refractivity contribution >= 4 is 6.09 Å². The summed E-state index contributed by atoms with van der Waals surface area (Å²) in [4.78, 5) is 15.7. The maximum absolute atomic E-state index is 12.2. The number of halogens is 2. The Morgan fingerprint density at radius 1 is 1.48 bits per heavy atom. The highest BCUT2D eigenvalue weighted by Gasteiger charge is 2.33. The molecular weight excluding hydrogens is 314 g/mol. The van der Waals surface area contributed by atoms with E-state index in [-0.39, 0.29) is 18.4 Å². The van der Waals surface area contributed by atoms with Gasteiger partial charge < -0.3 is 24.6 Å². The smallest absolute Gasteiger partial charge is 0.408 e. The third kappa shape index (κ3) is 4.65. The number of rotatable bonds is 3. The molecule has 9 heteroatoms. The van der Waals surface area contributed by atoms with Crippen LogP contribution in [0.25, 0.3) is 0 Å². The molecule has 0 aromatic carbocycles. The summed E-state index contributed by atoms with van der Waals surface area (Å²) in [5.41, 5.74) is -0.354. The first kappa shape index (κ1) is 17.2. The first-order valence-electron chi connectivity index (χ1n) is 6.92. The SMILES string of the molecule is CC(C)(C)OC(=O)N[C@@H]1c2ccc(OC(F)F)nc2OC[C@@H]1O. The molecule has 0 saturated carbocycles. The summed E-state index contributed by atoms with van der Waals surface area (Å²) in [5, 5.41) is 12.5. The molecule has 7 nitrogen and oxygen atoms in total. The third-order valence-corrected chi connectivity index (χ3v) is 2.86. The van der Waals surface area contributed by atoms with Gasteiger partial charge in [-0.25, -0.2) is 4.79 Å². The molecule has 1 aromatic heterocycles. The molecule has 2 heterocycles. The number of nitrogens with zero attached hydrogens (tertiary/aromatic N) is 1. The molecule has 2 atom stereocenters. The Morgan fingerprint density at radius 2 is 2.17 bits per heavy atom. The molecule has 0 fully saturated rings. The predicted octanol–water partition coefficient (Wildman–Crippen LogP) is 2.00. The number of aliphatic hydroxyl groups is 1. The van der Waals surface area contributed by atoms with Crippen LogP contribution in [0.1, 0.15) is 32.4 Å². The second-order valence-corrected chi connectivity index (χ2v) is 5.92. The molecule has 23 heavy (non-hydrogen) atoms. The van der Waals surface area contributed by atoms with Gasteiger partial charge in [0.05, 0.1) is 6.04 Å². The van der Waals surface area contributed by atoms with Gasteiger partial charge in [0.15, 0.2) is 0 Å². The summed E-state index contributed by atoms with van der Waals surface area (Å²) in [6.07, 6.45) is -1.75. The number of aromatic nitrogens is 1. The summed E-state index contributed by atoms with van der Waals surface area (Å²) in [7, 11) is 0. The predicted molar refractivity (Wildman–Crippen MR) is 74.5 cm³/mol. The second kappa shape index (κ2) is 6.53. The molecule has 0 aliphatic carbocycles. The van der Waals surface area contributed by atoms with Gasteiger partial charge in [0.25, 0.3) is 0 Å². The molecule has 0 bridgehead atoms. The van der Waals surface area contributed by atoms with Crippen LogP contribution < -0.4 is 14.8 Å². The summed E-state index contributed by atoms with van der Waals surface area (Å²) in [6.45, 7) is 1.95. The van der Waals surface area contributed by atoms with E-state index in [0.717, 1.165) is 0 Å². The van der Waals surface area contributed by atoms with E-state index in [1.54, 1.807) is 20.8 Å². The molecular formula is C14H18F2N2O5. The fraction of sp³-hybridized carbons (Fsp3) is 0.571. The minimum Gasteiger partial charge on any atom is -0.474 e. The fourth-order valence-corrected chi connectivity index (χ4v) is 2.02. The van der Waals surface area contributed by atoms with Crippen LogP contribution in [-0.2, 0) is 4.74 Å². The van der Waals surface area contributed by atoms with Gasteiger partial charge in [-0.3, -0.25) is 0 Å². The molecule has 0 radical (unpaired) electrons. The highest BCUT2D eigenvalue weighted by molar-refractivity contribution is 5.68. The van der Waals surface area contributed by atoms with E-state index in [1.807, 2.05) is 0 Å². The van der Waals surface area contributed by atoms with E-state index in [4.69, 9.17) is 9.47 Å². The molecule has 2 N–H and O–H groups in total. The summed E-state index contributed by atoms with van der Waals surface area (Å²) < 4.78 is 38.9. The Kier molecular flexibility index (Phi) is 4.88. The quantitative estimate of drug-likeness (QED) is 0.880. The van der Waals surface area contributed by atoms with E-state index in [9.17, 15) is 18.7 Å². The molecule has 1 amide bonds. The zero-order valence-electron chi connectivity index (χ0n) is 12.9. The maximum Gasteiger partial charge on any atom is 0.408 e. The average molecular weight is 332 g/mol. The van der Waals surface area contributed by atoms with Crippen LogP contribution in [0.3, 0.4) is 0 Å². The van der Waals surface area contributed by atoms with Gasteiger partial charge in [0, 0.05) is 11.6 Å². The number of nitrogens with one attached hydrogen (secondary N) is 1. The van der Waals surface area contributed by atoms with Gasteiger partial charge in [-0.1, -0.05) is 0 Å². The van der Waals surface area contributed by atoms with Crippen LogP contribution in [-0.4, -0.2) is 41.1 Å². The number of aliphatic hydroxyl groups excluding tert-OH is 1. The Bertz CT molecular complexity index is 577. The van der Waals surface area contributed by atoms with E-state index in [1.165, 1.54) is 12.1 Å². The number of hydrogen-bond donors (Lipinski definition) is 2. The number of hydrogen-bond acceptors (Lipinski definition) is 6. The lowest BCUT2D eigenvalue weighted by atomic mass is 10.0. The number of alkyl carbamates (subject to hydrolysis) is 1. The van der Waals surface area contributed by atoms with Gasteiger partial charge in [-0.15, -0.1) is 0 Å². The minimum atomic E-state index is -3.01. The van der Waals surface area contributed by atoms with Crippen LogP contribution in [0.4, 0.5) is 13.6 Å². The maximum atomic E-state index is 12.2. The molecule has 2 rings (SSSR count). The van der Waals surface area contributed by atoms with E-state index in [0.29, 0.717) is 5.56 Å². The van der Waals surface area contributed by atoms with Crippen molar-refractivity contribution in [2.75, 3.05) is 6.61 Å². The van der Waals surface area contributed by atoms with Crippen LogP contribution >= 0.6 is 0 Å². The standard InChI is InChI=1S/C14H18F2N2O5/c1-14(2,3)23-13(20)18-10-7-4-5-9(22-12(15)16)17-11(7)21-6-8(10)19/h4-5,8,10,12,19H,6H2,1-3H3,(H,18,20)/t8-,10+/m0/s1. The van der Waals surface area contributed by atoms with Crippen molar-refractivity contribution in [1.82, 2.24) is 10.3 Å². The zero-order valence-corrected chi connectivity index (χ0v) is 12.9. The lowest BCUT2D eigenvalue weighted by Crippen LogP contribution is -2.44. The van der Waals surface area contributed by atoms with Crippen LogP contribution in [0.15, 0.2) is 12.1 Å². The zero-order chi connectivity index (χ0) is 17.2. The Balaban J connectivity index is 2.17. The van der Waals surface area contributed by atoms with Crippen molar-refractivity contribution in [3.63, 3.8) is 0 Å². The van der Waals surface area contributed by atoms with Crippen LogP contribution in [0, 0.1) is 0 Å². The summed E-state index contributed by atoms with van der Waals surface area (Å²) in [5.74, 6) is -0.305. The second-order valence-electron chi connectivity index (χ2n) is 5.92. The minimum absolute atomic E-state index is 0.00880. The first-order valence-corrected chi connectivity index (χ1v) is 6.92. The average Bonchev–Trinajstić information content (AvgIpc) is 2.39. The topological polar surface area (TPSA) is 89.9 Å². The Hall–Kier alpha value is -2.16. The Labute approximate surface area is 131 Å². The summed E-state index contributed by atoms with van der Waals surface area (Å²) >= 11 is 0. The van der Waals surface area contributed by atoms with Crippen LogP contribution in [0.2, 0.25) is 0 Å². The number of ether oxygens (including phenoxy) is 3. The molecule has 1 aliphatic rings. The highest BCUT2D eigenvalue weighted by Crippen LogP contribution is 2.32. The van der Waals surface area contributed by atoms with E-state index < -0.39 is 30.5 Å². The highest BCUT2D eigenvalue weighted by atomic mass is 19.3. The molecule has 128 valence electrons. The molecule has 1 aliphatic heterocycles. The van der Waals surface area contributed by atoms with Crippen molar-refractivity contribution in [3.8, 4) is 11.8 Å². The van der Waals surface area contributed by atoms with Crippen molar-refractivity contribution in [3.05, 3.63) is 17.7 Å². The van der Waals surface area contributed by atoms with Crippen LogP contribution in [0.5, 0.6) is 11.8 Å². The molecule has 0 unspecified atom stereocenters. The number of alkyl halides is 2. The van der Waals surface area contributed by atoms with Gasteiger partial charge >= 0.3 is 12.7 Å². The number of fused-ring (bicyclic) bond motifs is 1. The molecule has 1 aromatic rings. The largest absolute Gasteiger partial charge is 0.474 e. The molecule has 0 spiro atoms. The normalized spacial score (nSPS) is 20.5. The lowest BCUT2D eigenvalue weighted by molar-refractivity contribution is -0.0535. The van der Waals surface area contributed by atoms with Gasteiger partial charge in [-0.05, 0) is 26.8 Å². The van der Waals surface area contributed by atoms with Crippen molar-refractivity contribution in [2.24, 2.45) is 0 Å². The number of carbonyl (C=O) groups excluding carboxylic acids is 1. The first-order chi connectivity index (χ1) is 10.7. The third-order valence-electron chi connectivity index (χ3n) is 2.86. The fourth-order valence-electron chi connectivity index (χ4n) is 2.02. The molecule has 0 saturated heterocycles. The number of pyridine rings is 1. The van der Waals surface area contributed by atoms with Gasteiger partial charge in [-0.2, -0.15) is 13.8 Å². The van der Waals surface area contributed by atoms with E-state index >= 15 is 0 Å².